The minimum atomic E-state index is -0.780. The Morgan fingerprint density at radius 1 is 0.884 bits per heavy atom. The van der Waals surface area contributed by atoms with Gasteiger partial charge >= 0.3 is 6.03 Å². The van der Waals surface area contributed by atoms with Gasteiger partial charge in [-0.1, -0.05) is 30.3 Å². The van der Waals surface area contributed by atoms with Crippen molar-refractivity contribution in [2.24, 2.45) is 17.8 Å². The van der Waals surface area contributed by atoms with Crippen molar-refractivity contribution in [3.63, 3.8) is 0 Å². The summed E-state index contributed by atoms with van der Waals surface area (Å²) in [5, 5.41) is 13.2. The maximum absolute atomic E-state index is 13.6. The molecule has 4 aliphatic carbocycles. The molecule has 4 amide bonds. The summed E-state index contributed by atoms with van der Waals surface area (Å²) >= 11 is 0. The number of para-hydroxylation sites is 1. The van der Waals surface area contributed by atoms with Crippen molar-refractivity contribution in [1.29, 1.82) is 0 Å². The molecule has 5 fully saturated rings. The number of nitrogens with zero attached hydrogens (tertiary/aromatic N) is 2. The van der Waals surface area contributed by atoms with Crippen LogP contribution in [0.3, 0.4) is 0 Å². The van der Waals surface area contributed by atoms with Gasteiger partial charge in [-0.25, -0.2) is 9.69 Å². The number of benzene rings is 3. The minimum Gasteiger partial charge on any atom is -0.488 e. The molecular formula is C34H31N3O6. The molecule has 3 aromatic carbocycles. The van der Waals surface area contributed by atoms with Crippen molar-refractivity contribution in [1.82, 2.24) is 5.32 Å². The second-order valence-corrected chi connectivity index (χ2v) is 12.5. The van der Waals surface area contributed by atoms with Crippen LogP contribution in [0.15, 0.2) is 78.4 Å². The number of hydrogen-bond donors (Lipinski definition) is 1. The first kappa shape index (κ1) is 27.1. The second-order valence-electron chi connectivity index (χ2n) is 12.5. The third kappa shape index (κ3) is 4.98. The summed E-state index contributed by atoms with van der Waals surface area (Å²) in [6.07, 6.45) is 9.14. The number of urea groups is 1. The van der Waals surface area contributed by atoms with E-state index < -0.39 is 22.8 Å². The molecule has 0 spiro atoms. The summed E-state index contributed by atoms with van der Waals surface area (Å²) in [5.41, 5.74) is 2.89. The lowest BCUT2D eigenvalue weighted by molar-refractivity contribution is -0.384. The van der Waals surface area contributed by atoms with E-state index in [1.54, 1.807) is 36.4 Å². The molecule has 1 aliphatic heterocycles. The molecule has 4 saturated carbocycles. The number of barbiturate groups is 1. The van der Waals surface area contributed by atoms with Gasteiger partial charge in [0.05, 0.1) is 10.6 Å². The molecule has 43 heavy (non-hydrogen) atoms. The molecular weight excluding hydrogens is 546 g/mol. The Labute approximate surface area is 248 Å². The van der Waals surface area contributed by atoms with Gasteiger partial charge in [-0.2, -0.15) is 0 Å². The fourth-order valence-electron chi connectivity index (χ4n) is 8.08. The summed E-state index contributed by atoms with van der Waals surface area (Å²) in [6, 6.07) is 19.9. The lowest BCUT2D eigenvalue weighted by Crippen LogP contribution is -2.54. The zero-order valence-electron chi connectivity index (χ0n) is 23.5. The first-order valence-corrected chi connectivity index (χ1v) is 14.8. The third-order valence-corrected chi connectivity index (χ3v) is 9.64. The van der Waals surface area contributed by atoms with E-state index in [2.05, 4.69) is 17.4 Å². The van der Waals surface area contributed by atoms with Gasteiger partial charge in [0.15, 0.2) is 0 Å². The molecule has 3 aromatic rings. The lowest BCUT2D eigenvalue weighted by atomic mass is 9.48. The number of anilines is 1. The quantitative estimate of drug-likeness (QED) is 0.152. The van der Waals surface area contributed by atoms with Gasteiger partial charge in [-0.05, 0) is 109 Å². The average Bonchev–Trinajstić information content (AvgIpc) is 2.98. The molecule has 1 heterocycles. The van der Waals surface area contributed by atoms with Crippen molar-refractivity contribution in [3.8, 4) is 5.75 Å². The SMILES string of the molecule is O=C1NC(=O)N(c2ccc(C34CC5CC(CC(C5)C3)C4)cc2)C(=O)/C1=C/c1ccccc1OCc1ccc([N+](=O)[O-])cc1. The van der Waals surface area contributed by atoms with E-state index in [9.17, 15) is 24.5 Å². The summed E-state index contributed by atoms with van der Waals surface area (Å²) in [6.45, 7) is 0.124. The highest BCUT2D eigenvalue weighted by Crippen LogP contribution is 2.60. The number of nitro benzene ring substituents is 1. The van der Waals surface area contributed by atoms with Crippen LogP contribution >= 0.6 is 0 Å². The van der Waals surface area contributed by atoms with Crippen LogP contribution < -0.4 is 15.0 Å². The Kier molecular flexibility index (Phi) is 6.60. The standard InChI is InChI=1S/C34H31N3O6/c38-31-29(16-25-3-1-2-4-30(25)43-20-21-5-9-28(10-6-21)37(41)42)32(39)36(33(40)35-31)27-11-7-26(8-12-27)34-17-22-13-23(18-34)15-24(14-22)19-34/h1-12,16,22-24H,13-15,17-20H2,(H,35,38,40)/b29-16+. The number of carbonyl (C=O) groups is 3. The number of rotatable bonds is 7. The molecule has 0 radical (unpaired) electrons. The van der Waals surface area contributed by atoms with Crippen molar-refractivity contribution in [3.05, 3.63) is 105 Å². The summed E-state index contributed by atoms with van der Waals surface area (Å²) in [4.78, 5) is 50.8. The first-order valence-electron chi connectivity index (χ1n) is 14.8. The van der Waals surface area contributed by atoms with E-state index in [1.807, 2.05) is 12.1 Å². The van der Waals surface area contributed by atoms with E-state index in [1.165, 1.54) is 62.3 Å². The normalized spacial score (nSPS) is 27.0. The van der Waals surface area contributed by atoms with Gasteiger partial charge in [0.1, 0.15) is 17.9 Å². The maximum Gasteiger partial charge on any atom is 0.335 e. The summed E-state index contributed by atoms with van der Waals surface area (Å²) in [5.74, 6) is 1.35. The Hall–Kier alpha value is -4.79. The van der Waals surface area contributed by atoms with Gasteiger partial charge < -0.3 is 4.74 Å². The van der Waals surface area contributed by atoms with E-state index in [-0.39, 0.29) is 23.3 Å². The van der Waals surface area contributed by atoms with Crippen LogP contribution in [0.4, 0.5) is 16.2 Å². The molecule has 218 valence electrons. The van der Waals surface area contributed by atoms with Crippen LogP contribution in [0.2, 0.25) is 0 Å². The Morgan fingerprint density at radius 3 is 2.14 bits per heavy atom. The van der Waals surface area contributed by atoms with Crippen LogP contribution in [0, 0.1) is 27.9 Å². The third-order valence-electron chi connectivity index (χ3n) is 9.64. The van der Waals surface area contributed by atoms with Crippen molar-refractivity contribution >= 4 is 35.3 Å². The van der Waals surface area contributed by atoms with Crippen LogP contribution in [-0.2, 0) is 21.6 Å². The molecule has 8 rings (SSSR count). The first-order chi connectivity index (χ1) is 20.8. The van der Waals surface area contributed by atoms with Gasteiger partial charge in [0, 0.05) is 17.7 Å². The van der Waals surface area contributed by atoms with E-state index in [4.69, 9.17) is 4.74 Å². The number of nitro groups is 1. The zero-order chi connectivity index (χ0) is 29.7. The van der Waals surface area contributed by atoms with E-state index >= 15 is 0 Å². The Morgan fingerprint density at radius 2 is 1.51 bits per heavy atom. The van der Waals surface area contributed by atoms with E-state index in [0.29, 0.717) is 22.6 Å². The van der Waals surface area contributed by atoms with Gasteiger partial charge in [-0.15, -0.1) is 0 Å². The molecule has 9 nitrogen and oxygen atoms in total. The van der Waals surface area contributed by atoms with Gasteiger partial charge in [-0.3, -0.25) is 25.0 Å². The number of amides is 4. The molecule has 4 bridgehead atoms. The number of ether oxygens (including phenoxy) is 1. The number of nitrogens with one attached hydrogen (secondary N) is 1. The highest BCUT2D eigenvalue weighted by atomic mass is 16.6. The minimum absolute atomic E-state index is 0.0165. The predicted molar refractivity (Wildman–Crippen MR) is 159 cm³/mol. The number of hydrogen-bond acceptors (Lipinski definition) is 6. The van der Waals surface area contributed by atoms with Crippen LogP contribution in [0.1, 0.15) is 55.2 Å². The topological polar surface area (TPSA) is 119 Å². The largest absolute Gasteiger partial charge is 0.488 e. The lowest BCUT2D eigenvalue weighted by Gasteiger charge is -2.57. The average molecular weight is 578 g/mol. The molecule has 0 aromatic heterocycles. The zero-order valence-corrected chi connectivity index (χ0v) is 23.5. The Balaban J connectivity index is 1.12. The highest BCUT2D eigenvalue weighted by Gasteiger charge is 2.51. The molecule has 0 unspecified atom stereocenters. The van der Waals surface area contributed by atoms with Gasteiger partial charge in [0.2, 0.25) is 0 Å². The second kappa shape index (κ2) is 10.5. The molecule has 1 N–H and O–H groups in total. The molecule has 0 atom stereocenters. The van der Waals surface area contributed by atoms with Crippen molar-refractivity contribution in [2.75, 3.05) is 4.90 Å². The smallest absolute Gasteiger partial charge is 0.335 e. The Bertz CT molecular complexity index is 1620. The number of imide groups is 2. The van der Waals surface area contributed by atoms with Crippen LogP contribution in [0.25, 0.3) is 6.08 Å². The number of non-ortho nitro benzene ring substituents is 1. The number of carbonyl (C=O) groups excluding carboxylic acids is 3. The molecule has 9 heteroatoms. The van der Waals surface area contributed by atoms with Crippen LogP contribution in [0.5, 0.6) is 5.75 Å². The van der Waals surface area contributed by atoms with Crippen molar-refractivity contribution < 1.29 is 24.0 Å². The summed E-state index contributed by atoms with van der Waals surface area (Å²) < 4.78 is 5.94. The maximum atomic E-state index is 13.6. The fraction of sp³-hybridized carbons (Fsp3) is 0.324. The summed E-state index contributed by atoms with van der Waals surface area (Å²) in [7, 11) is 0. The predicted octanol–water partition coefficient (Wildman–Crippen LogP) is 6.31. The fourth-order valence-corrected chi connectivity index (χ4v) is 8.08. The van der Waals surface area contributed by atoms with Crippen LogP contribution in [-0.4, -0.2) is 22.8 Å². The van der Waals surface area contributed by atoms with Gasteiger partial charge in [0.25, 0.3) is 17.5 Å². The van der Waals surface area contributed by atoms with E-state index in [0.717, 1.165) is 22.7 Å². The molecule has 5 aliphatic rings. The molecule has 1 saturated heterocycles. The van der Waals surface area contributed by atoms with Crippen molar-refractivity contribution in [2.45, 2.75) is 50.5 Å². The highest BCUT2D eigenvalue weighted by molar-refractivity contribution is 6.39. The monoisotopic (exact) mass is 577 g/mol.